The van der Waals surface area contributed by atoms with Crippen LogP contribution in [0.1, 0.15) is 19.4 Å². The molecule has 90 valence electrons. The minimum atomic E-state index is -0.272. The van der Waals surface area contributed by atoms with Crippen LogP contribution in [-0.2, 0) is 9.53 Å². The van der Waals surface area contributed by atoms with E-state index in [1.165, 1.54) is 0 Å². The van der Waals surface area contributed by atoms with Gasteiger partial charge >= 0.3 is 0 Å². The number of carbonyl (C=O) groups is 1. The number of carbonyl (C=O) groups excluding carboxylic acids is 1. The van der Waals surface area contributed by atoms with Crippen molar-refractivity contribution < 1.29 is 9.53 Å². The predicted molar refractivity (Wildman–Crippen MR) is 69.2 cm³/mol. The van der Waals surface area contributed by atoms with Crippen LogP contribution in [0.15, 0.2) is 12.4 Å². The molecular weight excluding hydrogens is 321 g/mol. The number of hydrogen-bond acceptors (Lipinski definition) is 3. The van der Waals surface area contributed by atoms with Crippen molar-refractivity contribution >= 4 is 28.5 Å². The van der Waals surface area contributed by atoms with Crippen LogP contribution in [0, 0.1) is 3.57 Å². The molecule has 0 aliphatic heterocycles. The van der Waals surface area contributed by atoms with Crippen LogP contribution in [0.3, 0.4) is 0 Å². The van der Waals surface area contributed by atoms with E-state index in [4.69, 9.17) is 4.74 Å². The number of hydrogen-bond donors (Lipinski definition) is 1. The van der Waals surface area contributed by atoms with Crippen molar-refractivity contribution in [3.63, 3.8) is 0 Å². The second-order valence-electron chi connectivity index (χ2n) is 3.45. The zero-order valence-electron chi connectivity index (χ0n) is 9.44. The molecule has 5 nitrogen and oxygen atoms in total. The van der Waals surface area contributed by atoms with Gasteiger partial charge in [-0.3, -0.25) is 9.48 Å². The van der Waals surface area contributed by atoms with E-state index in [1.54, 1.807) is 18.0 Å². The number of ether oxygens (including phenoxy) is 1. The number of aromatic nitrogens is 2. The lowest BCUT2D eigenvalue weighted by Crippen LogP contribution is -2.32. The van der Waals surface area contributed by atoms with Crippen molar-refractivity contribution in [1.82, 2.24) is 15.1 Å². The minimum absolute atomic E-state index is 0.0180. The third-order valence-corrected chi connectivity index (χ3v) is 2.73. The largest absolute Gasteiger partial charge is 0.385 e. The molecule has 0 fully saturated rings. The Hall–Kier alpha value is -0.630. The molecule has 1 unspecified atom stereocenters. The Bertz CT molecular complexity index is 341. The molecule has 1 aromatic heterocycles. The van der Waals surface area contributed by atoms with E-state index in [-0.39, 0.29) is 11.9 Å². The molecule has 0 saturated carbocycles. The number of rotatable bonds is 6. The van der Waals surface area contributed by atoms with Crippen LogP contribution in [0.2, 0.25) is 0 Å². The Balaban J connectivity index is 2.36. The van der Waals surface area contributed by atoms with E-state index in [0.717, 1.165) is 9.99 Å². The zero-order valence-corrected chi connectivity index (χ0v) is 11.6. The average molecular weight is 337 g/mol. The summed E-state index contributed by atoms with van der Waals surface area (Å²) in [6, 6.07) is -0.272. The van der Waals surface area contributed by atoms with Gasteiger partial charge in [0.05, 0.1) is 9.77 Å². The van der Waals surface area contributed by atoms with Gasteiger partial charge in [-0.05, 0) is 35.9 Å². The van der Waals surface area contributed by atoms with Gasteiger partial charge in [-0.25, -0.2) is 0 Å². The molecule has 1 N–H and O–H groups in total. The fourth-order valence-electron chi connectivity index (χ4n) is 1.22. The van der Waals surface area contributed by atoms with Crippen molar-refractivity contribution in [2.45, 2.75) is 19.4 Å². The van der Waals surface area contributed by atoms with Crippen LogP contribution in [0.25, 0.3) is 0 Å². The van der Waals surface area contributed by atoms with Crippen molar-refractivity contribution in [3.8, 4) is 0 Å². The van der Waals surface area contributed by atoms with Crippen LogP contribution in [-0.4, -0.2) is 35.9 Å². The van der Waals surface area contributed by atoms with E-state index in [0.29, 0.717) is 13.2 Å². The molecule has 1 rings (SSSR count). The zero-order chi connectivity index (χ0) is 12.0. The molecule has 0 saturated heterocycles. The lowest BCUT2D eigenvalue weighted by molar-refractivity contribution is -0.124. The first-order chi connectivity index (χ1) is 7.65. The smallest absolute Gasteiger partial charge is 0.244 e. The van der Waals surface area contributed by atoms with Gasteiger partial charge in [-0.1, -0.05) is 0 Å². The maximum absolute atomic E-state index is 11.7. The molecule has 1 amide bonds. The molecule has 0 aromatic carbocycles. The first kappa shape index (κ1) is 13.4. The summed E-state index contributed by atoms with van der Waals surface area (Å²) in [5.74, 6) is -0.0180. The Kier molecular flexibility index (Phi) is 5.75. The summed E-state index contributed by atoms with van der Waals surface area (Å²) in [5, 5.41) is 6.95. The fourth-order valence-corrected chi connectivity index (χ4v) is 1.63. The van der Waals surface area contributed by atoms with Crippen LogP contribution >= 0.6 is 22.6 Å². The fraction of sp³-hybridized carbons (Fsp3) is 0.600. The first-order valence-corrected chi connectivity index (χ1v) is 6.19. The predicted octanol–water partition coefficient (Wildman–Crippen LogP) is 1.20. The third kappa shape index (κ3) is 4.09. The highest BCUT2D eigenvalue weighted by Crippen LogP contribution is 2.08. The number of amides is 1. The summed E-state index contributed by atoms with van der Waals surface area (Å²) in [6.45, 7) is 3.12. The normalized spacial score (nSPS) is 12.4. The van der Waals surface area contributed by atoms with Gasteiger partial charge in [0, 0.05) is 26.5 Å². The number of nitrogens with zero attached hydrogens (tertiary/aromatic N) is 2. The first-order valence-electron chi connectivity index (χ1n) is 5.11. The van der Waals surface area contributed by atoms with Gasteiger partial charge < -0.3 is 10.1 Å². The Morgan fingerprint density at radius 1 is 1.75 bits per heavy atom. The standard InChI is InChI=1S/C10H16IN3O2/c1-8(14-7-9(11)6-13-14)10(15)12-4-3-5-16-2/h6-8H,3-5H2,1-2H3,(H,12,15). The van der Waals surface area contributed by atoms with Gasteiger partial charge in [-0.2, -0.15) is 5.10 Å². The SMILES string of the molecule is COCCCNC(=O)C(C)n1cc(I)cn1. The van der Waals surface area contributed by atoms with Gasteiger partial charge in [0.1, 0.15) is 6.04 Å². The van der Waals surface area contributed by atoms with Crippen molar-refractivity contribution in [1.29, 1.82) is 0 Å². The van der Waals surface area contributed by atoms with Crippen LogP contribution in [0.5, 0.6) is 0 Å². The molecule has 6 heteroatoms. The summed E-state index contributed by atoms with van der Waals surface area (Å²) in [5.41, 5.74) is 0. The molecule has 1 aromatic rings. The van der Waals surface area contributed by atoms with Gasteiger partial charge in [0.25, 0.3) is 0 Å². The van der Waals surface area contributed by atoms with Gasteiger partial charge in [-0.15, -0.1) is 0 Å². The van der Waals surface area contributed by atoms with Crippen LogP contribution in [0.4, 0.5) is 0 Å². The molecule has 16 heavy (non-hydrogen) atoms. The minimum Gasteiger partial charge on any atom is -0.385 e. The van der Waals surface area contributed by atoms with Gasteiger partial charge in [0.2, 0.25) is 5.91 Å². The highest BCUT2D eigenvalue weighted by atomic mass is 127. The maximum atomic E-state index is 11.7. The molecular formula is C10H16IN3O2. The third-order valence-electron chi connectivity index (χ3n) is 2.17. The Morgan fingerprint density at radius 3 is 3.06 bits per heavy atom. The molecule has 1 heterocycles. The summed E-state index contributed by atoms with van der Waals surface area (Å²) in [4.78, 5) is 11.7. The quantitative estimate of drug-likeness (QED) is 0.627. The number of nitrogens with one attached hydrogen (secondary N) is 1. The molecule has 0 aliphatic rings. The monoisotopic (exact) mass is 337 g/mol. The van der Waals surface area contributed by atoms with Crippen molar-refractivity contribution in [2.75, 3.05) is 20.3 Å². The summed E-state index contributed by atoms with van der Waals surface area (Å²) in [7, 11) is 1.65. The molecule has 0 spiro atoms. The van der Waals surface area contributed by atoms with E-state index >= 15 is 0 Å². The van der Waals surface area contributed by atoms with E-state index in [1.807, 2.05) is 13.1 Å². The average Bonchev–Trinajstić information content (AvgIpc) is 2.70. The maximum Gasteiger partial charge on any atom is 0.244 e. The second-order valence-corrected chi connectivity index (χ2v) is 4.70. The van der Waals surface area contributed by atoms with Crippen molar-refractivity contribution in [3.05, 3.63) is 16.0 Å². The molecule has 1 atom stereocenters. The summed E-state index contributed by atoms with van der Waals surface area (Å²) < 4.78 is 7.59. The summed E-state index contributed by atoms with van der Waals surface area (Å²) >= 11 is 2.17. The highest BCUT2D eigenvalue weighted by Gasteiger charge is 2.14. The van der Waals surface area contributed by atoms with Crippen LogP contribution < -0.4 is 5.32 Å². The van der Waals surface area contributed by atoms with E-state index in [2.05, 4.69) is 33.0 Å². The molecule has 0 bridgehead atoms. The number of halogens is 1. The lowest BCUT2D eigenvalue weighted by atomic mass is 10.3. The highest BCUT2D eigenvalue weighted by molar-refractivity contribution is 14.1. The summed E-state index contributed by atoms with van der Waals surface area (Å²) in [6.07, 6.45) is 4.40. The number of methoxy groups -OCH3 is 1. The van der Waals surface area contributed by atoms with Crippen molar-refractivity contribution in [2.24, 2.45) is 0 Å². The lowest BCUT2D eigenvalue weighted by Gasteiger charge is -2.12. The Labute approximate surface area is 109 Å². The molecule has 0 radical (unpaired) electrons. The van der Waals surface area contributed by atoms with E-state index < -0.39 is 0 Å². The van der Waals surface area contributed by atoms with Gasteiger partial charge in [0.15, 0.2) is 0 Å². The van der Waals surface area contributed by atoms with E-state index in [9.17, 15) is 4.79 Å². The molecule has 0 aliphatic carbocycles. The topological polar surface area (TPSA) is 56.1 Å². The second kappa shape index (κ2) is 6.85. The Morgan fingerprint density at radius 2 is 2.50 bits per heavy atom.